The first kappa shape index (κ1) is 29.2. The molecular weight excluding hydrogens is 541 g/mol. The van der Waals surface area contributed by atoms with Crippen molar-refractivity contribution in [2.45, 2.75) is 45.1 Å². The van der Waals surface area contributed by atoms with E-state index in [0.29, 0.717) is 49.7 Å². The number of hydrogen-bond donors (Lipinski definition) is 1. The van der Waals surface area contributed by atoms with Gasteiger partial charge in [-0.2, -0.15) is 0 Å². The zero-order valence-corrected chi connectivity index (χ0v) is 24.1. The maximum absolute atomic E-state index is 14.9. The second-order valence-corrected chi connectivity index (χ2v) is 11.5. The molecule has 2 aromatic carbocycles. The smallest absolute Gasteiger partial charge is 0.410 e. The number of carbonyl (C=O) groups is 2. The largest absolute Gasteiger partial charge is 0.493 e. The van der Waals surface area contributed by atoms with E-state index in [4.69, 9.17) is 18.9 Å². The van der Waals surface area contributed by atoms with Crippen LogP contribution in [0.4, 0.5) is 9.18 Å². The third-order valence-corrected chi connectivity index (χ3v) is 7.31. The van der Waals surface area contributed by atoms with Crippen molar-refractivity contribution in [2.24, 2.45) is 5.92 Å². The molecule has 0 bridgehead atoms. The fraction of sp³-hybridized carbons (Fsp3) is 0.406. The van der Waals surface area contributed by atoms with Crippen LogP contribution in [0.3, 0.4) is 0 Å². The Morgan fingerprint density at radius 2 is 1.86 bits per heavy atom. The van der Waals surface area contributed by atoms with Crippen molar-refractivity contribution >= 4 is 12.0 Å². The molecule has 2 amide bonds. The van der Waals surface area contributed by atoms with Gasteiger partial charge in [0.2, 0.25) is 6.79 Å². The number of likely N-dealkylation sites (tertiary alicyclic amines) is 1. The van der Waals surface area contributed by atoms with E-state index in [-0.39, 0.29) is 36.9 Å². The molecule has 222 valence electrons. The van der Waals surface area contributed by atoms with E-state index in [9.17, 15) is 14.0 Å². The zero-order valence-electron chi connectivity index (χ0n) is 24.1. The quantitative estimate of drug-likeness (QED) is 0.386. The highest BCUT2D eigenvalue weighted by Gasteiger charge is 2.35. The topological polar surface area (TPSA) is 99.2 Å². The summed E-state index contributed by atoms with van der Waals surface area (Å²) in [6.07, 6.45) is 4.21. The number of aromatic nitrogens is 1. The van der Waals surface area contributed by atoms with Gasteiger partial charge in [-0.15, -0.1) is 0 Å². The minimum atomic E-state index is -0.622. The van der Waals surface area contributed by atoms with Gasteiger partial charge in [-0.25, -0.2) is 9.18 Å². The van der Waals surface area contributed by atoms with Gasteiger partial charge in [0.15, 0.2) is 11.5 Å². The number of nitrogens with one attached hydrogen (secondary N) is 1. The molecule has 0 spiro atoms. The lowest BCUT2D eigenvalue weighted by atomic mass is 9.80. The van der Waals surface area contributed by atoms with Crippen LogP contribution >= 0.6 is 0 Å². The molecule has 1 aromatic heterocycles. The molecule has 0 unspecified atom stereocenters. The number of amides is 2. The number of rotatable bonds is 8. The van der Waals surface area contributed by atoms with Crippen molar-refractivity contribution in [1.29, 1.82) is 0 Å². The van der Waals surface area contributed by atoms with Gasteiger partial charge >= 0.3 is 6.09 Å². The number of hydrogen-bond acceptors (Lipinski definition) is 7. The summed E-state index contributed by atoms with van der Waals surface area (Å²) in [5.41, 5.74) is 1.22. The Morgan fingerprint density at radius 1 is 1.07 bits per heavy atom. The summed E-state index contributed by atoms with van der Waals surface area (Å²) >= 11 is 0. The molecule has 9 nitrogen and oxygen atoms in total. The third-order valence-electron chi connectivity index (χ3n) is 7.31. The molecule has 1 fully saturated rings. The number of piperidine rings is 1. The molecule has 5 rings (SSSR count). The fourth-order valence-electron chi connectivity index (χ4n) is 5.21. The maximum atomic E-state index is 14.9. The zero-order chi connectivity index (χ0) is 29.7. The molecule has 2 aliphatic rings. The van der Waals surface area contributed by atoms with Crippen molar-refractivity contribution in [3.8, 4) is 17.2 Å². The average molecular weight is 578 g/mol. The number of ether oxygens (including phenoxy) is 4. The van der Waals surface area contributed by atoms with Gasteiger partial charge in [0.05, 0.1) is 12.2 Å². The van der Waals surface area contributed by atoms with Gasteiger partial charge in [0.25, 0.3) is 5.91 Å². The molecule has 3 heterocycles. The Balaban J connectivity index is 1.31. The van der Waals surface area contributed by atoms with E-state index in [1.54, 1.807) is 41.6 Å². The van der Waals surface area contributed by atoms with Crippen LogP contribution in [-0.2, 0) is 11.2 Å². The molecule has 10 heteroatoms. The Kier molecular flexibility index (Phi) is 8.80. The maximum Gasteiger partial charge on any atom is 0.410 e. The number of fused-ring (bicyclic) bond motifs is 1. The standard InChI is InChI=1S/C32H36FN3O6/c1-32(2,3)42-31(38)36-15-11-25(23(18-36)19-39-24-5-7-28-29(17-24)41-20-40-28)22-4-6-27(33)26(16-22)30(37)35-14-10-21-8-12-34-13-9-21/h4-9,12-13,16-17,23,25H,10-11,14-15,18-20H2,1-3H3,(H,35,37)/t23-,25-/m0/s1. The Morgan fingerprint density at radius 3 is 2.64 bits per heavy atom. The van der Waals surface area contributed by atoms with E-state index in [0.717, 1.165) is 11.1 Å². The predicted octanol–water partition coefficient (Wildman–Crippen LogP) is 5.34. The summed E-state index contributed by atoms with van der Waals surface area (Å²) in [7, 11) is 0. The summed E-state index contributed by atoms with van der Waals surface area (Å²) in [5.74, 6) is 0.600. The van der Waals surface area contributed by atoms with Crippen molar-refractivity contribution in [2.75, 3.05) is 33.0 Å². The fourth-order valence-corrected chi connectivity index (χ4v) is 5.21. The van der Waals surface area contributed by atoms with E-state index in [1.165, 1.54) is 6.07 Å². The van der Waals surface area contributed by atoms with Crippen molar-refractivity contribution in [3.63, 3.8) is 0 Å². The lowest BCUT2D eigenvalue weighted by Crippen LogP contribution is -2.46. The molecule has 0 saturated carbocycles. The van der Waals surface area contributed by atoms with E-state index in [2.05, 4.69) is 10.3 Å². The summed E-state index contributed by atoms with van der Waals surface area (Å²) in [6, 6.07) is 13.8. The van der Waals surface area contributed by atoms with Crippen molar-refractivity contribution in [3.05, 3.63) is 83.4 Å². The van der Waals surface area contributed by atoms with Crippen LogP contribution in [0.5, 0.6) is 17.2 Å². The second kappa shape index (κ2) is 12.7. The molecule has 0 radical (unpaired) electrons. The summed E-state index contributed by atoms with van der Waals surface area (Å²) in [6.45, 7) is 7.17. The SMILES string of the molecule is CC(C)(C)OC(=O)N1CC[C@@H](c2ccc(F)c(C(=O)NCCc3ccncc3)c2)[C@H](COc2ccc3c(c2)OCO3)C1. The van der Waals surface area contributed by atoms with Crippen molar-refractivity contribution in [1.82, 2.24) is 15.2 Å². The van der Waals surface area contributed by atoms with Gasteiger partial charge in [0, 0.05) is 44.0 Å². The van der Waals surface area contributed by atoms with E-state index in [1.807, 2.05) is 39.0 Å². The minimum absolute atomic E-state index is 0.00719. The van der Waals surface area contributed by atoms with Crippen LogP contribution < -0.4 is 19.5 Å². The van der Waals surface area contributed by atoms with E-state index >= 15 is 0 Å². The first-order valence-electron chi connectivity index (χ1n) is 14.1. The van der Waals surface area contributed by atoms with Gasteiger partial charge in [-0.1, -0.05) is 6.07 Å². The molecule has 0 aliphatic carbocycles. The van der Waals surface area contributed by atoms with Crippen LogP contribution in [0.25, 0.3) is 0 Å². The highest BCUT2D eigenvalue weighted by atomic mass is 19.1. The molecular formula is C32H36FN3O6. The van der Waals surface area contributed by atoms with Gasteiger partial charge in [0.1, 0.15) is 17.2 Å². The highest BCUT2D eigenvalue weighted by molar-refractivity contribution is 5.94. The molecule has 1 saturated heterocycles. The van der Waals surface area contributed by atoms with Gasteiger partial charge < -0.3 is 29.2 Å². The predicted molar refractivity (Wildman–Crippen MR) is 153 cm³/mol. The van der Waals surface area contributed by atoms with E-state index < -0.39 is 17.3 Å². The number of pyridine rings is 1. The molecule has 2 aliphatic heterocycles. The van der Waals surface area contributed by atoms with Crippen LogP contribution in [0.15, 0.2) is 60.9 Å². The second-order valence-electron chi connectivity index (χ2n) is 11.5. The Bertz CT molecular complexity index is 1410. The van der Waals surface area contributed by atoms with Crippen LogP contribution in [0.1, 0.15) is 54.6 Å². The minimum Gasteiger partial charge on any atom is -0.493 e. The van der Waals surface area contributed by atoms with Crippen molar-refractivity contribution < 1.29 is 32.9 Å². The lowest BCUT2D eigenvalue weighted by Gasteiger charge is -2.39. The number of carbonyl (C=O) groups excluding carboxylic acids is 2. The Labute approximate surface area is 244 Å². The monoisotopic (exact) mass is 577 g/mol. The first-order valence-corrected chi connectivity index (χ1v) is 14.1. The summed E-state index contributed by atoms with van der Waals surface area (Å²) in [4.78, 5) is 31.6. The number of benzene rings is 2. The summed E-state index contributed by atoms with van der Waals surface area (Å²) in [5, 5.41) is 2.82. The van der Waals surface area contributed by atoms with Crippen LogP contribution in [-0.4, -0.2) is 60.5 Å². The van der Waals surface area contributed by atoms with Crippen LogP contribution in [0.2, 0.25) is 0 Å². The first-order chi connectivity index (χ1) is 20.2. The normalized spacial score (nSPS) is 18.0. The molecule has 3 aromatic rings. The third kappa shape index (κ3) is 7.29. The molecule has 1 N–H and O–H groups in total. The van der Waals surface area contributed by atoms with Gasteiger partial charge in [-0.3, -0.25) is 9.78 Å². The number of halogens is 1. The summed E-state index contributed by atoms with van der Waals surface area (Å²) < 4.78 is 37.5. The number of nitrogens with zero attached hydrogens (tertiary/aromatic N) is 2. The average Bonchev–Trinajstić information content (AvgIpc) is 3.44. The molecule has 42 heavy (non-hydrogen) atoms. The van der Waals surface area contributed by atoms with Gasteiger partial charge in [-0.05, 0) is 87.1 Å². The highest BCUT2D eigenvalue weighted by Crippen LogP contribution is 2.38. The van der Waals surface area contributed by atoms with Crippen LogP contribution in [0, 0.1) is 11.7 Å². The lowest BCUT2D eigenvalue weighted by molar-refractivity contribution is 0.0111. The Hall–Kier alpha value is -4.34. The molecule has 2 atom stereocenters.